The van der Waals surface area contributed by atoms with Crippen molar-refractivity contribution in [1.82, 2.24) is 0 Å². The highest BCUT2D eigenvalue weighted by atomic mass is 32.2. The van der Waals surface area contributed by atoms with E-state index in [1.165, 1.54) is 6.92 Å². The zero-order valence-corrected chi connectivity index (χ0v) is 9.38. The van der Waals surface area contributed by atoms with Crippen LogP contribution in [-0.2, 0) is 9.84 Å². The second-order valence-electron chi connectivity index (χ2n) is 3.20. The zero-order chi connectivity index (χ0) is 11.5. The third kappa shape index (κ3) is 2.45. The molecule has 0 saturated carbocycles. The van der Waals surface area contributed by atoms with Crippen LogP contribution < -0.4 is 0 Å². The molecule has 0 bridgehead atoms. The highest BCUT2D eigenvalue weighted by Crippen LogP contribution is 2.18. The van der Waals surface area contributed by atoms with E-state index in [4.69, 9.17) is 5.26 Å². The molecule has 0 aliphatic carbocycles. The molecule has 0 heterocycles. The second-order valence-corrected chi connectivity index (χ2v) is 5.32. The Bertz CT molecular complexity index is 519. The average Bonchev–Trinajstić information content (AvgIpc) is 2.18. The maximum atomic E-state index is 11.8. The lowest BCUT2D eigenvalue weighted by atomic mass is 10.2. The largest absolute Gasteiger partial charge is 0.219 e. The number of nitrogens with zero attached hydrogens (tertiary/aromatic N) is 1. The van der Waals surface area contributed by atoms with E-state index in [9.17, 15) is 8.42 Å². The molecule has 0 amide bonds. The summed E-state index contributed by atoms with van der Waals surface area (Å²) in [5.41, 5.74) is 0.996. The minimum Gasteiger partial charge on any atom is -0.219 e. The van der Waals surface area contributed by atoms with Crippen LogP contribution in [0.25, 0.3) is 0 Å². The first-order valence-electron chi connectivity index (χ1n) is 4.36. The molecule has 15 heavy (non-hydrogen) atoms. The van der Waals surface area contributed by atoms with Gasteiger partial charge >= 0.3 is 0 Å². The standard InChI is InChI=1S/C11H11NO2S/c1-9-3-5-11(6-4-9)15(13,14)10(2)7-8-12/h3-7H,1-2H3/b10-7-. The van der Waals surface area contributed by atoms with Gasteiger partial charge in [-0.05, 0) is 26.0 Å². The predicted molar refractivity (Wildman–Crippen MR) is 57.7 cm³/mol. The molecule has 0 fully saturated rings. The van der Waals surface area contributed by atoms with Crippen LogP contribution in [0.15, 0.2) is 40.1 Å². The average molecular weight is 221 g/mol. The molecule has 1 aromatic carbocycles. The van der Waals surface area contributed by atoms with E-state index in [-0.39, 0.29) is 9.80 Å². The van der Waals surface area contributed by atoms with E-state index < -0.39 is 9.84 Å². The summed E-state index contributed by atoms with van der Waals surface area (Å²) >= 11 is 0. The van der Waals surface area contributed by atoms with Crippen LogP contribution >= 0.6 is 0 Å². The summed E-state index contributed by atoms with van der Waals surface area (Å²) in [6.45, 7) is 3.30. The molecule has 0 aliphatic rings. The molecule has 0 saturated heterocycles. The molecule has 0 spiro atoms. The quantitative estimate of drug-likeness (QED) is 0.719. The summed E-state index contributed by atoms with van der Waals surface area (Å²) in [6, 6.07) is 8.25. The lowest BCUT2D eigenvalue weighted by Gasteiger charge is -2.03. The third-order valence-corrected chi connectivity index (χ3v) is 3.88. The van der Waals surface area contributed by atoms with Crippen LogP contribution in [0.2, 0.25) is 0 Å². The van der Waals surface area contributed by atoms with Gasteiger partial charge in [0.05, 0.1) is 15.9 Å². The fourth-order valence-electron chi connectivity index (χ4n) is 1.07. The normalized spacial score (nSPS) is 12.2. The summed E-state index contributed by atoms with van der Waals surface area (Å²) in [5.74, 6) is 0. The zero-order valence-electron chi connectivity index (χ0n) is 8.56. The molecule has 1 rings (SSSR count). The second kappa shape index (κ2) is 4.28. The van der Waals surface area contributed by atoms with E-state index in [0.717, 1.165) is 11.6 Å². The first kappa shape index (κ1) is 11.5. The van der Waals surface area contributed by atoms with Crippen LogP contribution in [0.1, 0.15) is 12.5 Å². The topological polar surface area (TPSA) is 57.9 Å². The van der Waals surface area contributed by atoms with E-state index >= 15 is 0 Å². The first-order chi connectivity index (χ1) is 6.98. The van der Waals surface area contributed by atoms with Gasteiger partial charge in [0.1, 0.15) is 0 Å². The summed E-state index contributed by atoms with van der Waals surface area (Å²) in [6.07, 6.45) is 1.04. The smallest absolute Gasteiger partial charge is 0.203 e. The molecular weight excluding hydrogens is 210 g/mol. The van der Waals surface area contributed by atoms with Crippen LogP contribution in [0, 0.1) is 18.3 Å². The molecular formula is C11H11NO2S. The Kier molecular flexibility index (Phi) is 3.28. The number of benzene rings is 1. The van der Waals surface area contributed by atoms with Crippen molar-refractivity contribution in [2.24, 2.45) is 0 Å². The number of aryl methyl sites for hydroxylation is 1. The fraction of sp³-hybridized carbons (Fsp3) is 0.182. The van der Waals surface area contributed by atoms with Gasteiger partial charge in [-0.15, -0.1) is 0 Å². The molecule has 0 aliphatic heterocycles. The molecule has 0 atom stereocenters. The van der Waals surface area contributed by atoms with Gasteiger partial charge in [-0.1, -0.05) is 17.7 Å². The van der Waals surface area contributed by atoms with Crippen molar-refractivity contribution in [2.45, 2.75) is 18.7 Å². The number of hydrogen-bond donors (Lipinski definition) is 0. The van der Waals surface area contributed by atoms with Crippen LogP contribution in [-0.4, -0.2) is 8.42 Å². The minimum atomic E-state index is -3.48. The monoisotopic (exact) mass is 221 g/mol. The van der Waals surface area contributed by atoms with Gasteiger partial charge in [0.25, 0.3) is 0 Å². The number of sulfone groups is 1. The van der Waals surface area contributed by atoms with E-state index in [1.54, 1.807) is 30.3 Å². The Hall–Kier alpha value is -1.60. The van der Waals surface area contributed by atoms with Gasteiger partial charge in [-0.3, -0.25) is 0 Å². The van der Waals surface area contributed by atoms with Crippen LogP contribution in [0.5, 0.6) is 0 Å². The SMILES string of the molecule is C/C(=C/C#N)S(=O)(=O)c1ccc(C)cc1. The summed E-state index contributed by atoms with van der Waals surface area (Å²) in [7, 11) is -3.48. The van der Waals surface area contributed by atoms with E-state index in [1.807, 2.05) is 6.92 Å². The van der Waals surface area contributed by atoms with Gasteiger partial charge in [0.2, 0.25) is 9.84 Å². The van der Waals surface area contributed by atoms with Gasteiger partial charge in [-0.25, -0.2) is 8.42 Å². The Morgan fingerprint density at radius 1 is 1.33 bits per heavy atom. The van der Waals surface area contributed by atoms with Crippen LogP contribution in [0.3, 0.4) is 0 Å². The first-order valence-corrected chi connectivity index (χ1v) is 5.85. The van der Waals surface area contributed by atoms with Gasteiger partial charge < -0.3 is 0 Å². The predicted octanol–water partition coefficient (Wildman–Crippen LogP) is 2.20. The number of allylic oxidation sites excluding steroid dienone is 2. The summed E-state index contributed by atoms with van der Waals surface area (Å²) in [4.78, 5) is 0.283. The van der Waals surface area contributed by atoms with Gasteiger partial charge in [-0.2, -0.15) is 5.26 Å². The van der Waals surface area contributed by atoms with Crippen LogP contribution in [0.4, 0.5) is 0 Å². The molecule has 4 heteroatoms. The number of rotatable bonds is 2. The third-order valence-electron chi connectivity index (χ3n) is 2.02. The Morgan fingerprint density at radius 2 is 1.87 bits per heavy atom. The van der Waals surface area contributed by atoms with Crippen molar-refractivity contribution in [3.8, 4) is 6.07 Å². The van der Waals surface area contributed by atoms with Gasteiger partial charge in [0, 0.05) is 6.08 Å². The van der Waals surface area contributed by atoms with Crippen molar-refractivity contribution in [3.05, 3.63) is 40.8 Å². The van der Waals surface area contributed by atoms with Crippen molar-refractivity contribution < 1.29 is 8.42 Å². The summed E-state index contributed by atoms with van der Waals surface area (Å²) in [5, 5.41) is 8.40. The molecule has 78 valence electrons. The Morgan fingerprint density at radius 3 is 2.33 bits per heavy atom. The van der Waals surface area contributed by atoms with Crippen molar-refractivity contribution in [3.63, 3.8) is 0 Å². The maximum absolute atomic E-state index is 11.8. The fourth-order valence-corrected chi connectivity index (χ4v) is 2.15. The maximum Gasteiger partial charge on any atom is 0.203 e. The lowest BCUT2D eigenvalue weighted by Crippen LogP contribution is -2.01. The molecule has 0 unspecified atom stereocenters. The number of hydrogen-bond acceptors (Lipinski definition) is 3. The lowest BCUT2D eigenvalue weighted by molar-refractivity contribution is 0.602. The highest BCUT2D eigenvalue weighted by molar-refractivity contribution is 7.95. The Balaban J connectivity index is 3.25. The van der Waals surface area contributed by atoms with Gasteiger partial charge in [0.15, 0.2) is 0 Å². The molecule has 0 N–H and O–H groups in total. The van der Waals surface area contributed by atoms with E-state index in [0.29, 0.717) is 0 Å². The molecule has 3 nitrogen and oxygen atoms in total. The van der Waals surface area contributed by atoms with Crippen molar-refractivity contribution >= 4 is 9.84 Å². The molecule has 1 aromatic rings. The highest BCUT2D eigenvalue weighted by Gasteiger charge is 2.16. The molecule has 0 radical (unpaired) electrons. The minimum absolute atomic E-state index is 0.0638. The summed E-state index contributed by atoms with van der Waals surface area (Å²) < 4.78 is 23.6. The number of nitriles is 1. The van der Waals surface area contributed by atoms with E-state index in [2.05, 4.69) is 0 Å². The van der Waals surface area contributed by atoms with Crippen molar-refractivity contribution in [2.75, 3.05) is 0 Å². The van der Waals surface area contributed by atoms with Crippen molar-refractivity contribution in [1.29, 1.82) is 5.26 Å². The molecule has 0 aromatic heterocycles. The Labute approximate surface area is 89.6 Å².